The van der Waals surface area contributed by atoms with Gasteiger partial charge >= 0.3 is 0 Å². The van der Waals surface area contributed by atoms with E-state index in [0.717, 1.165) is 12.8 Å². The van der Waals surface area contributed by atoms with Crippen molar-refractivity contribution in [2.24, 2.45) is 0 Å². The zero-order chi connectivity index (χ0) is 17.6. The summed E-state index contributed by atoms with van der Waals surface area (Å²) in [6.07, 6.45) is 4.23. The summed E-state index contributed by atoms with van der Waals surface area (Å²) in [6.45, 7) is 0.693. The Labute approximate surface area is 145 Å². The van der Waals surface area contributed by atoms with Crippen LogP contribution in [0.15, 0.2) is 47.1 Å². The molecule has 1 heterocycles. The smallest absolute Gasteiger partial charge is 0.286 e. The van der Waals surface area contributed by atoms with E-state index in [-0.39, 0.29) is 29.4 Å². The van der Waals surface area contributed by atoms with E-state index in [9.17, 15) is 14.0 Å². The maximum Gasteiger partial charge on any atom is 0.286 e. The lowest BCUT2D eigenvalue weighted by Gasteiger charge is -2.23. The minimum Gasteiger partial charge on any atom is -0.459 e. The van der Waals surface area contributed by atoms with Crippen molar-refractivity contribution in [3.63, 3.8) is 0 Å². The fraction of sp³-hybridized carbons (Fsp3) is 0.368. The lowest BCUT2D eigenvalue weighted by molar-refractivity contribution is -0.132. The average molecular weight is 344 g/mol. The zero-order valence-corrected chi connectivity index (χ0v) is 13.9. The Balaban J connectivity index is 1.47. The number of amides is 2. The Bertz CT molecular complexity index is 726. The normalized spacial score (nSPS) is 13.5. The van der Waals surface area contributed by atoms with Crippen molar-refractivity contribution in [3.05, 3.63) is 59.8 Å². The second kappa shape index (κ2) is 7.96. The van der Waals surface area contributed by atoms with E-state index >= 15 is 0 Å². The number of hydrogen-bond donors (Lipinski definition) is 1. The lowest BCUT2D eigenvalue weighted by atomic mass is 10.1. The Hall–Kier alpha value is -2.63. The van der Waals surface area contributed by atoms with E-state index in [2.05, 4.69) is 5.32 Å². The molecule has 1 fully saturated rings. The van der Waals surface area contributed by atoms with Gasteiger partial charge in [-0.05, 0) is 37.5 Å². The fourth-order valence-corrected chi connectivity index (χ4v) is 2.70. The fourth-order valence-electron chi connectivity index (χ4n) is 2.70. The highest BCUT2D eigenvalue weighted by Gasteiger charge is 2.32. The Morgan fingerprint density at radius 3 is 2.68 bits per heavy atom. The highest BCUT2D eigenvalue weighted by atomic mass is 19.1. The van der Waals surface area contributed by atoms with Crippen LogP contribution >= 0.6 is 0 Å². The van der Waals surface area contributed by atoms with Crippen molar-refractivity contribution in [3.8, 4) is 0 Å². The number of hydrogen-bond acceptors (Lipinski definition) is 3. The number of halogens is 1. The molecule has 1 aliphatic carbocycles. The van der Waals surface area contributed by atoms with Gasteiger partial charge in [-0.15, -0.1) is 0 Å². The van der Waals surface area contributed by atoms with Crippen LogP contribution in [-0.2, 0) is 11.3 Å². The molecule has 0 saturated heterocycles. The zero-order valence-electron chi connectivity index (χ0n) is 13.9. The van der Waals surface area contributed by atoms with Crippen molar-refractivity contribution < 1.29 is 18.4 Å². The van der Waals surface area contributed by atoms with Crippen LogP contribution in [0.1, 0.15) is 41.8 Å². The minimum atomic E-state index is -0.289. The monoisotopic (exact) mass is 344 g/mol. The van der Waals surface area contributed by atoms with Gasteiger partial charge in [-0.1, -0.05) is 18.2 Å². The predicted octanol–water partition coefficient (Wildman–Crippen LogP) is 3.12. The number of carbonyl (C=O) groups is 2. The molecule has 1 aliphatic rings. The molecule has 0 aliphatic heterocycles. The molecule has 132 valence electrons. The van der Waals surface area contributed by atoms with Crippen LogP contribution < -0.4 is 5.32 Å². The molecule has 1 saturated carbocycles. The number of rotatable bonds is 8. The molecule has 6 heteroatoms. The summed E-state index contributed by atoms with van der Waals surface area (Å²) in [5.74, 6) is -0.321. The topological polar surface area (TPSA) is 62.6 Å². The summed E-state index contributed by atoms with van der Waals surface area (Å²) >= 11 is 0. The standard InChI is InChI=1S/C19H21FN2O3/c20-16-6-2-1-5-14(16)13-22(15-9-10-15)18(23)8-3-11-21-19(24)17-7-4-12-25-17/h1-2,4-7,12,15H,3,8-11,13H2,(H,21,24). The number of furan rings is 1. The average Bonchev–Trinajstić information content (AvgIpc) is 3.30. The van der Waals surface area contributed by atoms with Crippen LogP contribution in [0.4, 0.5) is 4.39 Å². The Morgan fingerprint density at radius 2 is 2.00 bits per heavy atom. The minimum absolute atomic E-state index is 0.00185. The third-order valence-electron chi connectivity index (χ3n) is 4.20. The van der Waals surface area contributed by atoms with E-state index in [4.69, 9.17) is 4.42 Å². The molecule has 0 atom stereocenters. The molecular formula is C19H21FN2O3. The van der Waals surface area contributed by atoms with Gasteiger partial charge in [-0.25, -0.2) is 4.39 Å². The first-order valence-corrected chi connectivity index (χ1v) is 8.49. The third kappa shape index (κ3) is 4.68. The Morgan fingerprint density at radius 1 is 1.20 bits per heavy atom. The van der Waals surface area contributed by atoms with Crippen molar-refractivity contribution in [2.75, 3.05) is 6.54 Å². The van der Waals surface area contributed by atoms with Crippen LogP contribution in [0.5, 0.6) is 0 Å². The van der Waals surface area contributed by atoms with Crippen molar-refractivity contribution in [2.45, 2.75) is 38.3 Å². The molecule has 1 aromatic heterocycles. The van der Waals surface area contributed by atoms with Crippen LogP contribution in [0.25, 0.3) is 0 Å². The first kappa shape index (κ1) is 17.2. The summed E-state index contributed by atoms with van der Waals surface area (Å²) < 4.78 is 18.8. The molecule has 0 radical (unpaired) electrons. The molecule has 0 unspecified atom stereocenters. The van der Waals surface area contributed by atoms with Gasteiger partial charge in [-0.2, -0.15) is 0 Å². The highest BCUT2D eigenvalue weighted by molar-refractivity contribution is 5.91. The van der Waals surface area contributed by atoms with Crippen molar-refractivity contribution in [1.29, 1.82) is 0 Å². The van der Waals surface area contributed by atoms with Gasteiger partial charge in [0.15, 0.2) is 5.76 Å². The van der Waals surface area contributed by atoms with Gasteiger partial charge in [0.2, 0.25) is 5.91 Å². The second-order valence-corrected chi connectivity index (χ2v) is 6.18. The van der Waals surface area contributed by atoms with E-state index in [1.807, 2.05) is 0 Å². The second-order valence-electron chi connectivity index (χ2n) is 6.18. The molecule has 2 aromatic rings. The first-order valence-electron chi connectivity index (χ1n) is 8.49. The number of nitrogens with zero attached hydrogens (tertiary/aromatic N) is 1. The van der Waals surface area contributed by atoms with E-state index in [0.29, 0.717) is 31.5 Å². The van der Waals surface area contributed by atoms with E-state index < -0.39 is 0 Å². The molecule has 1 N–H and O–H groups in total. The number of carbonyl (C=O) groups excluding carboxylic acids is 2. The largest absolute Gasteiger partial charge is 0.459 e. The van der Waals surface area contributed by atoms with Gasteiger partial charge in [0.25, 0.3) is 5.91 Å². The highest BCUT2D eigenvalue weighted by Crippen LogP contribution is 2.29. The lowest BCUT2D eigenvalue weighted by Crippen LogP contribution is -2.33. The molecule has 25 heavy (non-hydrogen) atoms. The maximum atomic E-state index is 13.8. The molecule has 1 aromatic carbocycles. The predicted molar refractivity (Wildman–Crippen MR) is 90.2 cm³/mol. The SMILES string of the molecule is O=C(NCCCC(=O)N(Cc1ccccc1F)C1CC1)c1ccco1. The number of nitrogens with one attached hydrogen (secondary N) is 1. The number of benzene rings is 1. The van der Waals surface area contributed by atoms with E-state index in [1.165, 1.54) is 12.3 Å². The Kier molecular flexibility index (Phi) is 5.48. The summed E-state index contributed by atoms with van der Waals surface area (Å²) in [6, 6.07) is 9.99. The van der Waals surface area contributed by atoms with Gasteiger partial charge in [-0.3, -0.25) is 9.59 Å². The summed E-state index contributed by atoms with van der Waals surface area (Å²) in [5.41, 5.74) is 0.536. The maximum absolute atomic E-state index is 13.8. The molecule has 0 spiro atoms. The quantitative estimate of drug-likeness (QED) is 0.749. The van der Waals surface area contributed by atoms with Gasteiger partial charge in [0.1, 0.15) is 5.82 Å². The molecule has 0 bridgehead atoms. The molecule has 3 rings (SSSR count). The summed E-state index contributed by atoms with van der Waals surface area (Å²) in [5, 5.41) is 2.72. The summed E-state index contributed by atoms with van der Waals surface area (Å²) in [7, 11) is 0. The molecule has 2 amide bonds. The summed E-state index contributed by atoms with van der Waals surface area (Å²) in [4.78, 5) is 26.0. The van der Waals surface area contributed by atoms with Crippen molar-refractivity contribution in [1.82, 2.24) is 10.2 Å². The van der Waals surface area contributed by atoms with Crippen LogP contribution in [0.2, 0.25) is 0 Å². The van der Waals surface area contributed by atoms with Gasteiger partial charge in [0.05, 0.1) is 6.26 Å². The van der Waals surface area contributed by atoms with Crippen LogP contribution in [0, 0.1) is 5.82 Å². The van der Waals surface area contributed by atoms with Gasteiger partial charge in [0, 0.05) is 31.1 Å². The molecule has 5 nitrogen and oxygen atoms in total. The van der Waals surface area contributed by atoms with Gasteiger partial charge < -0.3 is 14.6 Å². The third-order valence-corrected chi connectivity index (χ3v) is 4.20. The van der Waals surface area contributed by atoms with Crippen LogP contribution in [-0.4, -0.2) is 29.3 Å². The molecular weight excluding hydrogens is 323 g/mol. The van der Waals surface area contributed by atoms with E-state index in [1.54, 1.807) is 35.2 Å². The van der Waals surface area contributed by atoms with Crippen LogP contribution in [0.3, 0.4) is 0 Å². The first-order chi connectivity index (χ1) is 12.1. The van der Waals surface area contributed by atoms with Crippen molar-refractivity contribution >= 4 is 11.8 Å².